The van der Waals surface area contributed by atoms with E-state index in [-0.39, 0.29) is 24.1 Å². The first-order valence-corrected chi connectivity index (χ1v) is 9.61. The highest BCUT2D eigenvalue weighted by atomic mass is 19.3. The normalized spacial score (nSPS) is 24.2. The number of likely N-dealkylation sites (tertiary alicyclic amines) is 1. The van der Waals surface area contributed by atoms with Crippen molar-refractivity contribution in [2.45, 2.75) is 56.3 Å². The number of piperidine rings is 1. The molecule has 2 atom stereocenters. The largest absolute Gasteiger partial charge is 0.486 e. The van der Waals surface area contributed by atoms with E-state index in [1.165, 1.54) is 6.07 Å². The second-order valence-electron chi connectivity index (χ2n) is 7.61. The molecule has 0 spiro atoms. The lowest BCUT2D eigenvalue weighted by Gasteiger charge is -2.37. The SMILES string of the molecule is N#CC1(c2ccc(OC(F)F)c(OC3CC[C@@H](O)C3)c2)CCN(CC(=O)O)CC1. The first-order valence-electron chi connectivity index (χ1n) is 9.61. The highest BCUT2D eigenvalue weighted by molar-refractivity contribution is 5.69. The Kier molecular flexibility index (Phi) is 6.55. The first-order chi connectivity index (χ1) is 13.8. The molecule has 1 aliphatic heterocycles. The molecule has 2 N–H and O–H groups in total. The minimum Gasteiger partial charge on any atom is -0.486 e. The van der Waals surface area contributed by atoms with Crippen molar-refractivity contribution < 1.29 is 33.3 Å². The average molecular weight is 410 g/mol. The summed E-state index contributed by atoms with van der Waals surface area (Å²) in [6.07, 6.45) is 1.65. The van der Waals surface area contributed by atoms with Crippen LogP contribution in [-0.4, -0.2) is 59.5 Å². The van der Waals surface area contributed by atoms with Gasteiger partial charge < -0.3 is 19.7 Å². The van der Waals surface area contributed by atoms with Crippen LogP contribution in [0.1, 0.15) is 37.7 Å². The molecular weight excluding hydrogens is 386 g/mol. The van der Waals surface area contributed by atoms with E-state index in [4.69, 9.17) is 9.84 Å². The second-order valence-corrected chi connectivity index (χ2v) is 7.61. The topological polar surface area (TPSA) is 103 Å². The Morgan fingerprint density at radius 1 is 1.31 bits per heavy atom. The van der Waals surface area contributed by atoms with Crippen LogP contribution in [0.15, 0.2) is 18.2 Å². The van der Waals surface area contributed by atoms with Gasteiger partial charge in [0.05, 0.1) is 24.1 Å². The molecule has 0 amide bonds. The summed E-state index contributed by atoms with van der Waals surface area (Å²) in [6, 6.07) is 6.87. The Bertz CT molecular complexity index is 775. The number of aliphatic hydroxyl groups is 1. The number of carboxylic acids is 1. The summed E-state index contributed by atoms with van der Waals surface area (Å²) in [6.45, 7) is -2.21. The number of aliphatic hydroxyl groups excluding tert-OH is 1. The molecule has 1 aromatic carbocycles. The quantitative estimate of drug-likeness (QED) is 0.712. The molecule has 2 aliphatic rings. The van der Waals surface area contributed by atoms with E-state index >= 15 is 0 Å². The van der Waals surface area contributed by atoms with Crippen LogP contribution in [0.25, 0.3) is 0 Å². The number of benzene rings is 1. The molecule has 158 valence electrons. The molecular formula is C20H24F2N2O5. The molecule has 1 unspecified atom stereocenters. The molecule has 1 saturated heterocycles. The number of ether oxygens (including phenoxy) is 2. The number of nitrogens with zero attached hydrogens (tertiary/aromatic N) is 2. The van der Waals surface area contributed by atoms with Gasteiger partial charge in [0.2, 0.25) is 0 Å². The summed E-state index contributed by atoms with van der Waals surface area (Å²) < 4.78 is 36.0. The van der Waals surface area contributed by atoms with Crippen molar-refractivity contribution in [3.05, 3.63) is 23.8 Å². The van der Waals surface area contributed by atoms with Crippen LogP contribution in [0, 0.1) is 11.3 Å². The summed E-state index contributed by atoms with van der Waals surface area (Å²) in [5, 5.41) is 28.5. The minimum atomic E-state index is -3.01. The smallest absolute Gasteiger partial charge is 0.387 e. The van der Waals surface area contributed by atoms with E-state index < -0.39 is 24.1 Å². The van der Waals surface area contributed by atoms with Gasteiger partial charge in [-0.2, -0.15) is 14.0 Å². The minimum absolute atomic E-state index is 0.0823. The Balaban J connectivity index is 1.83. The third-order valence-corrected chi connectivity index (χ3v) is 5.65. The van der Waals surface area contributed by atoms with Crippen molar-refractivity contribution in [2.24, 2.45) is 0 Å². The molecule has 1 aliphatic carbocycles. The number of alkyl halides is 2. The van der Waals surface area contributed by atoms with Gasteiger partial charge in [-0.25, -0.2) is 0 Å². The van der Waals surface area contributed by atoms with Gasteiger partial charge in [-0.05, 0) is 43.4 Å². The lowest BCUT2D eigenvalue weighted by Crippen LogP contribution is -2.43. The third-order valence-electron chi connectivity index (χ3n) is 5.65. The van der Waals surface area contributed by atoms with Crippen LogP contribution in [0.4, 0.5) is 8.78 Å². The van der Waals surface area contributed by atoms with Crippen LogP contribution < -0.4 is 9.47 Å². The molecule has 0 radical (unpaired) electrons. The van der Waals surface area contributed by atoms with Gasteiger partial charge in [-0.3, -0.25) is 9.69 Å². The van der Waals surface area contributed by atoms with Gasteiger partial charge in [0.1, 0.15) is 6.10 Å². The molecule has 3 rings (SSSR count). The van der Waals surface area contributed by atoms with Crippen LogP contribution in [0.5, 0.6) is 11.5 Å². The van der Waals surface area contributed by atoms with Gasteiger partial charge in [-0.15, -0.1) is 0 Å². The molecule has 1 heterocycles. The average Bonchev–Trinajstić information content (AvgIpc) is 3.08. The van der Waals surface area contributed by atoms with Gasteiger partial charge in [0.15, 0.2) is 11.5 Å². The first kappa shape index (κ1) is 21.3. The van der Waals surface area contributed by atoms with E-state index in [0.29, 0.717) is 50.8 Å². The zero-order chi connectivity index (χ0) is 21.0. The summed E-state index contributed by atoms with van der Waals surface area (Å²) in [5.41, 5.74) is -0.226. The van der Waals surface area contributed by atoms with E-state index in [9.17, 15) is 23.9 Å². The van der Waals surface area contributed by atoms with Crippen molar-refractivity contribution >= 4 is 5.97 Å². The van der Waals surface area contributed by atoms with Crippen LogP contribution in [0.2, 0.25) is 0 Å². The van der Waals surface area contributed by atoms with Crippen molar-refractivity contribution in [2.75, 3.05) is 19.6 Å². The van der Waals surface area contributed by atoms with E-state index in [1.54, 1.807) is 17.0 Å². The van der Waals surface area contributed by atoms with Crippen LogP contribution >= 0.6 is 0 Å². The Hall–Kier alpha value is -2.44. The van der Waals surface area contributed by atoms with Crippen molar-refractivity contribution in [3.63, 3.8) is 0 Å². The zero-order valence-corrected chi connectivity index (χ0v) is 15.9. The predicted octanol–water partition coefficient (Wildman–Crippen LogP) is 2.52. The number of aliphatic carboxylic acids is 1. The fourth-order valence-electron chi connectivity index (χ4n) is 4.04. The fraction of sp³-hybridized carbons (Fsp3) is 0.600. The van der Waals surface area contributed by atoms with E-state index in [2.05, 4.69) is 10.8 Å². The summed E-state index contributed by atoms with van der Waals surface area (Å²) in [5.74, 6) is -0.900. The van der Waals surface area contributed by atoms with E-state index in [1.807, 2.05) is 0 Å². The molecule has 0 aromatic heterocycles. The van der Waals surface area contributed by atoms with Gasteiger partial charge in [-0.1, -0.05) is 6.07 Å². The molecule has 29 heavy (non-hydrogen) atoms. The summed E-state index contributed by atoms with van der Waals surface area (Å²) in [4.78, 5) is 12.7. The van der Waals surface area contributed by atoms with Crippen LogP contribution in [-0.2, 0) is 10.2 Å². The molecule has 7 nitrogen and oxygen atoms in total. The number of carboxylic acid groups (broad SMARTS) is 1. The number of rotatable bonds is 7. The summed E-state index contributed by atoms with van der Waals surface area (Å²) >= 11 is 0. The lowest BCUT2D eigenvalue weighted by molar-refractivity contribution is -0.138. The van der Waals surface area contributed by atoms with E-state index in [0.717, 1.165) is 0 Å². The predicted molar refractivity (Wildman–Crippen MR) is 97.9 cm³/mol. The summed E-state index contributed by atoms with van der Waals surface area (Å²) in [7, 11) is 0. The molecule has 0 bridgehead atoms. The number of hydrogen-bond donors (Lipinski definition) is 2. The fourth-order valence-corrected chi connectivity index (χ4v) is 4.04. The zero-order valence-electron chi connectivity index (χ0n) is 15.9. The Morgan fingerprint density at radius 3 is 2.59 bits per heavy atom. The Labute approximate surface area is 167 Å². The maximum atomic E-state index is 12.8. The molecule has 9 heteroatoms. The maximum absolute atomic E-state index is 12.8. The number of carbonyl (C=O) groups is 1. The Morgan fingerprint density at radius 2 is 2.03 bits per heavy atom. The number of halogens is 2. The monoisotopic (exact) mass is 410 g/mol. The molecule has 1 saturated carbocycles. The maximum Gasteiger partial charge on any atom is 0.387 e. The highest BCUT2D eigenvalue weighted by Crippen LogP contribution is 2.41. The van der Waals surface area contributed by atoms with Crippen molar-refractivity contribution in [1.29, 1.82) is 5.26 Å². The van der Waals surface area contributed by atoms with Gasteiger partial charge >= 0.3 is 12.6 Å². The number of hydrogen-bond acceptors (Lipinski definition) is 6. The number of nitriles is 1. The van der Waals surface area contributed by atoms with Crippen LogP contribution in [0.3, 0.4) is 0 Å². The molecule has 2 fully saturated rings. The van der Waals surface area contributed by atoms with Crippen molar-refractivity contribution in [3.8, 4) is 17.6 Å². The lowest BCUT2D eigenvalue weighted by atomic mass is 9.74. The molecule has 1 aromatic rings. The third kappa shape index (κ3) is 5.14. The van der Waals surface area contributed by atoms with Gasteiger partial charge in [0.25, 0.3) is 0 Å². The van der Waals surface area contributed by atoms with Gasteiger partial charge in [0, 0.05) is 19.5 Å². The van der Waals surface area contributed by atoms with Crippen molar-refractivity contribution in [1.82, 2.24) is 4.90 Å². The standard InChI is InChI=1S/C20H24F2N2O5/c21-19(22)29-16-4-1-13(9-17(16)28-15-3-2-14(25)10-15)20(12-23)5-7-24(8-6-20)11-18(26)27/h1,4,9,14-15,19,25H,2-3,5-8,10-11H2,(H,26,27)/t14-,15?/m1/s1. The highest BCUT2D eigenvalue weighted by Gasteiger charge is 2.38. The second kappa shape index (κ2) is 8.93.